The molecular weight excluding hydrogens is 274 g/mol. The highest BCUT2D eigenvalue weighted by atomic mass is 16.5. The van der Waals surface area contributed by atoms with Crippen molar-refractivity contribution in [1.29, 1.82) is 0 Å². The number of aliphatic hydroxyl groups is 1. The maximum Gasteiger partial charge on any atom is 0.119 e. The fourth-order valence-corrected chi connectivity index (χ4v) is 3.25. The third-order valence-electron chi connectivity index (χ3n) is 4.47. The van der Waals surface area contributed by atoms with Crippen LogP contribution in [0.3, 0.4) is 0 Å². The lowest BCUT2D eigenvalue weighted by molar-refractivity contribution is 0.0693. The molecule has 1 saturated heterocycles. The second-order valence-corrected chi connectivity index (χ2v) is 6.85. The normalized spacial score (nSPS) is 18.2. The van der Waals surface area contributed by atoms with Crippen LogP contribution in [0.2, 0.25) is 0 Å². The number of nitrogens with zero attached hydrogens (tertiary/aromatic N) is 1. The summed E-state index contributed by atoms with van der Waals surface area (Å²) >= 11 is 0. The summed E-state index contributed by atoms with van der Waals surface area (Å²) in [6.07, 6.45) is 4.74. The van der Waals surface area contributed by atoms with Crippen LogP contribution in [-0.2, 0) is 0 Å². The molecule has 0 radical (unpaired) electrons. The molecule has 1 N–H and O–H groups in total. The van der Waals surface area contributed by atoms with E-state index in [0.717, 1.165) is 25.4 Å². The quantitative estimate of drug-likeness (QED) is 0.869. The lowest BCUT2D eigenvalue weighted by Crippen LogP contribution is -2.36. The summed E-state index contributed by atoms with van der Waals surface area (Å²) in [7, 11) is 0. The first kappa shape index (κ1) is 17.3. The first-order valence-electron chi connectivity index (χ1n) is 8.70. The first-order valence-corrected chi connectivity index (χ1v) is 8.70. The Morgan fingerprint density at radius 2 is 1.82 bits per heavy atom. The van der Waals surface area contributed by atoms with Crippen molar-refractivity contribution >= 4 is 0 Å². The molecule has 2 rings (SSSR count). The monoisotopic (exact) mass is 305 g/mol. The molecule has 3 heteroatoms. The van der Waals surface area contributed by atoms with Gasteiger partial charge in [0.2, 0.25) is 0 Å². The number of benzene rings is 1. The summed E-state index contributed by atoms with van der Waals surface area (Å²) in [5.74, 6) is 1.39. The Hall–Kier alpha value is -1.06. The first-order chi connectivity index (χ1) is 10.6. The number of hydrogen-bond acceptors (Lipinski definition) is 3. The van der Waals surface area contributed by atoms with Crippen molar-refractivity contribution < 1.29 is 9.84 Å². The van der Waals surface area contributed by atoms with E-state index in [1.54, 1.807) is 0 Å². The summed E-state index contributed by atoms with van der Waals surface area (Å²) in [4.78, 5) is 2.37. The van der Waals surface area contributed by atoms with E-state index < -0.39 is 6.10 Å². The topological polar surface area (TPSA) is 32.7 Å². The molecule has 22 heavy (non-hydrogen) atoms. The van der Waals surface area contributed by atoms with Crippen molar-refractivity contribution in [1.82, 2.24) is 4.90 Å². The van der Waals surface area contributed by atoms with Gasteiger partial charge in [0.05, 0.1) is 0 Å². The summed E-state index contributed by atoms with van der Waals surface area (Å²) in [5, 5.41) is 10.2. The molecule has 1 atom stereocenters. The van der Waals surface area contributed by atoms with E-state index in [1.807, 2.05) is 6.07 Å². The van der Waals surface area contributed by atoms with E-state index in [4.69, 9.17) is 4.74 Å². The van der Waals surface area contributed by atoms with Crippen molar-refractivity contribution in [3.05, 3.63) is 29.3 Å². The molecule has 0 amide bonds. The van der Waals surface area contributed by atoms with Gasteiger partial charge in [-0.2, -0.15) is 0 Å². The van der Waals surface area contributed by atoms with E-state index >= 15 is 0 Å². The van der Waals surface area contributed by atoms with Crippen LogP contribution in [0.4, 0.5) is 0 Å². The van der Waals surface area contributed by atoms with Gasteiger partial charge in [-0.1, -0.05) is 32.8 Å². The van der Waals surface area contributed by atoms with Gasteiger partial charge in [-0.25, -0.2) is 0 Å². The summed E-state index contributed by atoms with van der Waals surface area (Å²) in [6.45, 7) is 9.84. The second kappa shape index (κ2) is 8.54. The van der Waals surface area contributed by atoms with Crippen LogP contribution in [0.15, 0.2) is 18.2 Å². The Bertz CT molecular complexity index is 451. The predicted molar refractivity (Wildman–Crippen MR) is 91.7 cm³/mol. The van der Waals surface area contributed by atoms with Crippen LogP contribution in [-0.4, -0.2) is 42.4 Å². The van der Waals surface area contributed by atoms with Crippen LogP contribution in [0.25, 0.3) is 0 Å². The minimum Gasteiger partial charge on any atom is -0.491 e. The molecule has 0 unspecified atom stereocenters. The maximum absolute atomic E-state index is 10.2. The number of likely N-dealkylation sites (tertiary alicyclic amines) is 1. The third-order valence-corrected chi connectivity index (χ3v) is 4.47. The highest BCUT2D eigenvalue weighted by Gasteiger charge is 2.14. The number of β-amino-alcohol motifs (C(OH)–C–C–N with tert-alkyl or cyclic N) is 1. The average molecular weight is 305 g/mol. The summed E-state index contributed by atoms with van der Waals surface area (Å²) < 4.78 is 5.78. The van der Waals surface area contributed by atoms with Gasteiger partial charge < -0.3 is 14.7 Å². The smallest absolute Gasteiger partial charge is 0.119 e. The van der Waals surface area contributed by atoms with Crippen molar-refractivity contribution in [3.63, 3.8) is 0 Å². The van der Waals surface area contributed by atoms with E-state index in [2.05, 4.69) is 37.8 Å². The summed E-state index contributed by atoms with van der Waals surface area (Å²) in [6, 6.07) is 6.23. The molecule has 0 saturated carbocycles. The molecule has 1 fully saturated rings. The molecule has 1 heterocycles. The Morgan fingerprint density at radius 3 is 2.41 bits per heavy atom. The molecular formula is C19H31NO2. The van der Waals surface area contributed by atoms with Crippen LogP contribution >= 0.6 is 0 Å². The molecule has 0 bridgehead atoms. The number of aryl methyl sites for hydroxylation is 1. The van der Waals surface area contributed by atoms with Gasteiger partial charge in [0, 0.05) is 6.54 Å². The number of aliphatic hydroxyl groups excluding tert-OH is 1. The van der Waals surface area contributed by atoms with E-state index in [9.17, 15) is 5.11 Å². The van der Waals surface area contributed by atoms with Gasteiger partial charge in [0.15, 0.2) is 0 Å². The molecule has 1 aliphatic rings. The fourth-order valence-electron chi connectivity index (χ4n) is 3.25. The summed E-state index contributed by atoms with van der Waals surface area (Å²) in [5.41, 5.74) is 2.62. The number of hydrogen-bond donors (Lipinski definition) is 1. The van der Waals surface area contributed by atoms with Crippen molar-refractivity contribution in [3.8, 4) is 5.75 Å². The third kappa shape index (κ3) is 5.29. The SMILES string of the molecule is Cc1cc(OC[C@@H](O)CN2CCCCCC2)ccc1C(C)C. The Kier molecular flexibility index (Phi) is 6.71. The van der Waals surface area contributed by atoms with E-state index in [1.165, 1.54) is 36.8 Å². The van der Waals surface area contributed by atoms with Gasteiger partial charge in [-0.05, 0) is 62.0 Å². The lowest BCUT2D eigenvalue weighted by Gasteiger charge is -2.23. The van der Waals surface area contributed by atoms with E-state index in [0.29, 0.717) is 12.5 Å². The Morgan fingerprint density at radius 1 is 1.14 bits per heavy atom. The highest BCUT2D eigenvalue weighted by molar-refractivity contribution is 5.36. The molecule has 1 aliphatic heterocycles. The minimum absolute atomic E-state index is 0.372. The molecule has 0 aromatic heterocycles. The van der Waals surface area contributed by atoms with E-state index in [-0.39, 0.29) is 0 Å². The molecule has 3 nitrogen and oxygen atoms in total. The largest absolute Gasteiger partial charge is 0.491 e. The van der Waals surface area contributed by atoms with Gasteiger partial charge in [-0.3, -0.25) is 0 Å². The minimum atomic E-state index is -0.414. The zero-order valence-electron chi connectivity index (χ0n) is 14.3. The van der Waals surface area contributed by atoms with Crippen molar-refractivity contribution in [2.24, 2.45) is 0 Å². The Labute approximate surface area is 135 Å². The standard InChI is InChI=1S/C19H31NO2/c1-15(2)19-9-8-18(12-16(19)3)22-14-17(21)13-20-10-6-4-5-7-11-20/h8-9,12,15,17,21H,4-7,10-11,13-14H2,1-3H3/t17-/m0/s1. The average Bonchev–Trinajstić information content (AvgIpc) is 2.73. The molecule has 0 aliphatic carbocycles. The van der Waals surface area contributed by atoms with Crippen molar-refractivity contribution in [2.75, 3.05) is 26.2 Å². The van der Waals surface area contributed by atoms with Crippen LogP contribution in [0, 0.1) is 6.92 Å². The number of ether oxygens (including phenoxy) is 1. The van der Waals surface area contributed by atoms with Gasteiger partial charge in [-0.15, -0.1) is 0 Å². The van der Waals surface area contributed by atoms with Crippen LogP contribution in [0.1, 0.15) is 56.6 Å². The molecule has 1 aromatic carbocycles. The lowest BCUT2D eigenvalue weighted by atomic mass is 9.98. The van der Waals surface area contributed by atoms with Gasteiger partial charge in [0.1, 0.15) is 18.5 Å². The molecule has 0 spiro atoms. The van der Waals surface area contributed by atoms with Crippen molar-refractivity contribution in [2.45, 2.75) is 58.5 Å². The van der Waals surface area contributed by atoms with Crippen LogP contribution < -0.4 is 4.74 Å². The predicted octanol–water partition coefficient (Wildman–Crippen LogP) is 3.73. The van der Waals surface area contributed by atoms with Gasteiger partial charge in [0.25, 0.3) is 0 Å². The second-order valence-electron chi connectivity index (χ2n) is 6.85. The fraction of sp³-hybridized carbons (Fsp3) is 0.684. The molecule has 124 valence electrons. The Balaban J connectivity index is 1.80. The molecule has 1 aromatic rings. The maximum atomic E-state index is 10.2. The van der Waals surface area contributed by atoms with Gasteiger partial charge >= 0.3 is 0 Å². The van der Waals surface area contributed by atoms with Crippen LogP contribution in [0.5, 0.6) is 5.75 Å². The zero-order chi connectivity index (χ0) is 15.9. The zero-order valence-corrected chi connectivity index (χ0v) is 14.3. The number of rotatable bonds is 6. The highest BCUT2D eigenvalue weighted by Crippen LogP contribution is 2.23.